The van der Waals surface area contributed by atoms with Crippen LogP contribution in [0.4, 0.5) is 11.4 Å². The van der Waals surface area contributed by atoms with Gasteiger partial charge in [0.2, 0.25) is 5.91 Å². The van der Waals surface area contributed by atoms with Crippen LogP contribution in [0.2, 0.25) is 0 Å². The number of sulfonamides is 1. The summed E-state index contributed by atoms with van der Waals surface area (Å²) in [5.41, 5.74) is 7.30. The molecular formula is C15H15N3O3S. The summed E-state index contributed by atoms with van der Waals surface area (Å²) in [6, 6.07) is 12.5. The molecule has 0 spiro atoms. The number of hydrogen-bond acceptors (Lipinski definition) is 4. The number of benzene rings is 2. The number of carbonyl (C=O) groups is 1. The molecule has 0 aromatic heterocycles. The van der Waals surface area contributed by atoms with Crippen LogP contribution in [0.1, 0.15) is 12.5 Å². The number of anilines is 2. The molecule has 114 valence electrons. The summed E-state index contributed by atoms with van der Waals surface area (Å²) in [6.07, 6.45) is 1.26. The van der Waals surface area contributed by atoms with Crippen molar-refractivity contribution in [2.45, 2.75) is 11.8 Å². The Hall–Kier alpha value is -2.67. The number of nitrogens with two attached hydrogens (primary N) is 1. The molecule has 0 radical (unpaired) electrons. The Labute approximate surface area is 128 Å². The summed E-state index contributed by atoms with van der Waals surface area (Å²) >= 11 is 0. The standard InChI is InChI=1S/C15H15N3O3S/c1-11(19)18-14-6-8-15(9-7-14)22(20,21)17-10-12-2-4-13(16)5-3-12/h2-10H,16H2,1H3,(H,18,19). The van der Waals surface area contributed by atoms with Gasteiger partial charge in [-0.25, -0.2) is 0 Å². The van der Waals surface area contributed by atoms with Gasteiger partial charge in [-0.1, -0.05) is 12.1 Å². The van der Waals surface area contributed by atoms with Gasteiger partial charge in [0, 0.05) is 24.5 Å². The van der Waals surface area contributed by atoms with Crippen molar-refractivity contribution in [1.82, 2.24) is 0 Å². The van der Waals surface area contributed by atoms with E-state index in [4.69, 9.17) is 5.73 Å². The number of nitrogens with one attached hydrogen (secondary N) is 1. The van der Waals surface area contributed by atoms with Crippen molar-refractivity contribution >= 4 is 33.5 Å². The number of carbonyl (C=O) groups excluding carboxylic acids is 1. The van der Waals surface area contributed by atoms with Gasteiger partial charge in [-0.05, 0) is 42.0 Å². The fraction of sp³-hybridized carbons (Fsp3) is 0.0667. The van der Waals surface area contributed by atoms with Crippen LogP contribution in [0.15, 0.2) is 57.8 Å². The summed E-state index contributed by atoms with van der Waals surface area (Å²) in [5.74, 6) is -0.225. The maximum Gasteiger partial charge on any atom is 0.282 e. The lowest BCUT2D eigenvalue weighted by molar-refractivity contribution is -0.114. The first-order valence-electron chi connectivity index (χ1n) is 6.40. The summed E-state index contributed by atoms with van der Waals surface area (Å²) < 4.78 is 27.8. The Morgan fingerprint density at radius 2 is 1.68 bits per heavy atom. The first-order chi connectivity index (χ1) is 10.4. The Morgan fingerprint density at radius 1 is 1.09 bits per heavy atom. The predicted molar refractivity (Wildman–Crippen MR) is 86.4 cm³/mol. The Morgan fingerprint density at radius 3 is 2.23 bits per heavy atom. The second kappa shape index (κ2) is 6.40. The molecule has 0 aliphatic carbocycles. The third kappa shape index (κ3) is 4.16. The zero-order chi connectivity index (χ0) is 16.2. The van der Waals surface area contributed by atoms with Crippen molar-refractivity contribution in [3.05, 3.63) is 54.1 Å². The highest BCUT2D eigenvalue weighted by atomic mass is 32.2. The van der Waals surface area contributed by atoms with Crippen LogP contribution in [-0.4, -0.2) is 20.5 Å². The molecule has 22 heavy (non-hydrogen) atoms. The van der Waals surface area contributed by atoms with E-state index in [1.807, 2.05) is 0 Å². The number of amides is 1. The first kappa shape index (κ1) is 15.7. The molecule has 6 nitrogen and oxygen atoms in total. The second-order valence-corrected chi connectivity index (χ2v) is 6.21. The average molecular weight is 317 g/mol. The van der Waals surface area contributed by atoms with Gasteiger partial charge in [0.25, 0.3) is 10.0 Å². The van der Waals surface area contributed by atoms with Crippen molar-refractivity contribution < 1.29 is 13.2 Å². The highest BCUT2D eigenvalue weighted by molar-refractivity contribution is 7.90. The van der Waals surface area contributed by atoms with Crippen LogP contribution in [-0.2, 0) is 14.8 Å². The smallest absolute Gasteiger partial charge is 0.282 e. The molecule has 0 saturated heterocycles. The topological polar surface area (TPSA) is 102 Å². The minimum Gasteiger partial charge on any atom is -0.399 e. The Kier molecular flexibility index (Phi) is 4.57. The largest absolute Gasteiger partial charge is 0.399 e. The van der Waals surface area contributed by atoms with E-state index in [0.717, 1.165) is 0 Å². The van der Waals surface area contributed by atoms with E-state index in [9.17, 15) is 13.2 Å². The van der Waals surface area contributed by atoms with Gasteiger partial charge < -0.3 is 11.1 Å². The lowest BCUT2D eigenvalue weighted by Crippen LogP contribution is -2.06. The molecule has 2 aromatic carbocycles. The molecule has 0 fully saturated rings. The molecule has 0 saturated carbocycles. The number of hydrogen-bond donors (Lipinski definition) is 2. The van der Waals surface area contributed by atoms with E-state index in [2.05, 4.69) is 9.71 Å². The zero-order valence-electron chi connectivity index (χ0n) is 11.9. The maximum absolute atomic E-state index is 12.1. The number of nitrogen functional groups attached to an aromatic ring is 1. The molecule has 0 unspecified atom stereocenters. The van der Waals surface area contributed by atoms with Gasteiger partial charge in [0.05, 0.1) is 4.90 Å². The fourth-order valence-electron chi connectivity index (χ4n) is 1.69. The first-order valence-corrected chi connectivity index (χ1v) is 7.84. The molecule has 0 atom stereocenters. The van der Waals surface area contributed by atoms with E-state index >= 15 is 0 Å². The molecule has 7 heteroatoms. The molecule has 1 amide bonds. The average Bonchev–Trinajstić information content (AvgIpc) is 2.47. The highest BCUT2D eigenvalue weighted by Crippen LogP contribution is 2.16. The van der Waals surface area contributed by atoms with Crippen LogP contribution >= 0.6 is 0 Å². The minimum absolute atomic E-state index is 0.0493. The van der Waals surface area contributed by atoms with Gasteiger partial charge in [-0.2, -0.15) is 12.8 Å². The fourth-order valence-corrected chi connectivity index (χ4v) is 2.55. The van der Waals surface area contributed by atoms with Gasteiger partial charge in [0.15, 0.2) is 0 Å². The zero-order valence-corrected chi connectivity index (χ0v) is 12.7. The summed E-state index contributed by atoms with van der Waals surface area (Å²) in [7, 11) is -3.79. The van der Waals surface area contributed by atoms with Gasteiger partial charge in [-0.15, -0.1) is 0 Å². The van der Waals surface area contributed by atoms with Crippen molar-refractivity contribution in [3.63, 3.8) is 0 Å². The Bertz CT molecular complexity index is 795. The van der Waals surface area contributed by atoms with E-state index < -0.39 is 10.0 Å². The number of rotatable bonds is 4. The lowest BCUT2D eigenvalue weighted by Gasteiger charge is -2.03. The molecule has 0 aliphatic rings. The van der Waals surface area contributed by atoms with Crippen molar-refractivity contribution in [1.29, 1.82) is 0 Å². The molecule has 2 rings (SSSR count). The van der Waals surface area contributed by atoms with Crippen LogP contribution in [0.3, 0.4) is 0 Å². The predicted octanol–water partition coefficient (Wildman–Crippen LogP) is 2.04. The van der Waals surface area contributed by atoms with E-state index in [1.54, 1.807) is 24.3 Å². The van der Waals surface area contributed by atoms with Gasteiger partial charge in [0.1, 0.15) is 0 Å². The third-order valence-corrected chi connectivity index (χ3v) is 4.00. The van der Waals surface area contributed by atoms with E-state index in [-0.39, 0.29) is 10.8 Å². The Balaban J connectivity index is 2.19. The van der Waals surface area contributed by atoms with Gasteiger partial charge in [-0.3, -0.25) is 4.79 Å². The quantitative estimate of drug-likeness (QED) is 0.665. The minimum atomic E-state index is -3.79. The normalized spacial score (nSPS) is 11.5. The molecule has 0 aliphatic heterocycles. The van der Waals surface area contributed by atoms with Crippen LogP contribution in [0.25, 0.3) is 0 Å². The van der Waals surface area contributed by atoms with Crippen LogP contribution in [0, 0.1) is 0 Å². The van der Waals surface area contributed by atoms with Crippen LogP contribution in [0.5, 0.6) is 0 Å². The van der Waals surface area contributed by atoms with E-state index in [0.29, 0.717) is 16.9 Å². The summed E-state index contributed by atoms with van der Waals surface area (Å²) in [5, 5.41) is 2.56. The van der Waals surface area contributed by atoms with Gasteiger partial charge >= 0.3 is 0 Å². The summed E-state index contributed by atoms with van der Waals surface area (Å²) in [4.78, 5) is 11.0. The number of nitrogens with zero attached hydrogens (tertiary/aromatic N) is 1. The third-order valence-electron chi connectivity index (χ3n) is 2.75. The van der Waals surface area contributed by atoms with Crippen molar-refractivity contribution in [2.24, 2.45) is 4.40 Å². The SMILES string of the molecule is CC(=O)Nc1ccc(S(=O)(=O)N=Cc2ccc(N)cc2)cc1. The lowest BCUT2D eigenvalue weighted by atomic mass is 10.2. The second-order valence-electron chi connectivity index (χ2n) is 4.58. The molecule has 2 aromatic rings. The molecular weight excluding hydrogens is 302 g/mol. The summed E-state index contributed by atoms with van der Waals surface area (Å²) in [6.45, 7) is 1.38. The molecule has 3 N–H and O–H groups in total. The van der Waals surface area contributed by atoms with Crippen molar-refractivity contribution in [2.75, 3.05) is 11.1 Å². The van der Waals surface area contributed by atoms with Crippen LogP contribution < -0.4 is 11.1 Å². The maximum atomic E-state index is 12.1. The monoisotopic (exact) mass is 317 g/mol. The van der Waals surface area contributed by atoms with Crippen molar-refractivity contribution in [3.8, 4) is 0 Å². The molecule has 0 bridgehead atoms. The molecule has 0 heterocycles. The van der Waals surface area contributed by atoms with E-state index in [1.165, 1.54) is 37.4 Å². The highest BCUT2D eigenvalue weighted by Gasteiger charge is 2.11.